The van der Waals surface area contributed by atoms with E-state index in [1.54, 1.807) is 31.8 Å². The van der Waals surface area contributed by atoms with Gasteiger partial charge in [-0.15, -0.1) is 0 Å². The highest BCUT2D eigenvalue weighted by Gasteiger charge is 2.10. The quantitative estimate of drug-likeness (QED) is 0.659. The molecule has 0 saturated carbocycles. The summed E-state index contributed by atoms with van der Waals surface area (Å²) in [6.45, 7) is 1.93. The summed E-state index contributed by atoms with van der Waals surface area (Å²) in [6.07, 6.45) is 7.82. The molecule has 25 heavy (non-hydrogen) atoms. The van der Waals surface area contributed by atoms with Crippen molar-refractivity contribution in [3.63, 3.8) is 0 Å². The minimum atomic E-state index is -0.130. The third-order valence-electron chi connectivity index (χ3n) is 3.90. The summed E-state index contributed by atoms with van der Waals surface area (Å²) < 4.78 is 8.04. The van der Waals surface area contributed by atoms with Crippen LogP contribution in [0.2, 0.25) is 0 Å². The molecule has 0 unspecified atom stereocenters. The number of ether oxygens (including phenoxy) is 1. The van der Waals surface area contributed by atoms with Crippen LogP contribution in [-0.4, -0.2) is 40.7 Å². The number of hydrogen-bond acceptors (Lipinski definition) is 4. The van der Waals surface area contributed by atoms with Crippen LogP contribution >= 0.6 is 15.9 Å². The molecule has 0 aliphatic rings. The Hall–Kier alpha value is -2.25. The summed E-state index contributed by atoms with van der Waals surface area (Å²) in [5.74, 6) is -0.130. The minimum Gasteiger partial charge on any atom is -0.383 e. The van der Waals surface area contributed by atoms with Crippen molar-refractivity contribution < 1.29 is 9.53 Å². The predicted octanol–water partition coefficient (Wildman–Crippen LogP) is 2.81. The molecule has 1 amide bonds. The standard InChI is InChI=1S/C18H19BrN4O2/c1-25-8-7-23-12-13(16-3-2-5-21-17(16)23)4-6-22-18(24)14-9-15(19)11-20-10-14/h2-3,5,9-12H,4,6-8H2,1H3,(H,22,24). The van der Waals surface area contributed by atoms with Gasteiger partial charge >= 0.3 is 0 Å². The molecule has 0 bridgehead atoms. The van der Waals surface area contributed by atoms with Crippen molar-refractivity contribution in [1.82, 2.24) is 19.9 Å². The molecule has 7 heteroatoms. The molecule has 130 valence electrons. The summed E-state index contributed by atoms with van der Waals surface area (Å²) >= 11 is 3.32. The number of carbonyl (C=O) groups is 1. The zero-order chi connectivity index (χ0) is 17.6. The third-order valence-corrected chi connectivity index (χ3v) is 4.33. The number of nitrogens with one attached hydrogen (secondary N) is 1. The molecule has 6 nitrogen and oxygen atoms in total. The van der Waals surface area contributed by atoms with Crippen molar-refractivity contribution in [2.45, 2.75) is 13.0 Å². The molecule has 0 aliphatic carbocycles. The maximum Gasteiger partial charge on any atom is 0.252 e. The van der Waals surface area contributed by atoms with Crippen molar-refractivity contribution in [2.24, 2.45) is 0 Å². The van der Waals surface area contributed by atoms with Gasteiger partial charge in [-0.3, -0.25) is 9.78 Å². The molecule has 0 spiro atoms. The van der Waals surface area contributed by atoms with E-state index in [2.05, 4.69) is 48.0 Å². The Morgan fingerprint density at radius 1 is 1.40 bits per heavy atom. The monoisotopic (exact) mass is 402 g/mol. The molecular formula is C18H19BrN4O2. The number of fused-ring (bicyclic) bond motifs is 1. The van der Waals surface area contributed by atoms with E-state index in [1.165, 1.54) is 0 Å². The first-order valence-electron chi connectivity index (χ1n) is 7.99. The fraction of sp³-hybridized carbons (Fsp3) is 0.278. The first kappa shape index (κ1) is 17.6. The highest BCUT2D eigenvalue weighted by atomic mass is 79.9. The van der Waals surface area contributed by atoms with Gasteiger partial charge in [0.15, 0.2) is 0 Å². The van der Waals surface area contributed by atoms with E-state index in [0.717, 1.165) is 34.0 Å². The van der Waals surface area contributed by atoms with Crippen LogP contribution in [-0.2, 0) is 17.7 Å². The average molecular weight is 403 g/mol. The Morgan fingerprint density at radius 2 is 2.28 bits per heavy atom. The molecular weight excluding hydrogens is 384 g/mol. The van der Waals surface area contributed by atoms with E-state index in [4.69, 9.17) is 4.74 Å². The number of halogens is 1. The van der Waals surface area contributed by atoms with Gasteiger partial charge in [0.1, 0.15) is 5.65 Å². The van der Waals surface area contributed by atoms with E-state index in [-0.39, 0.29) is 5.91 Å². The van der Waals surface area contributed by atoms with Gasteiger partial charge in [-0.05, 0) is 46.1 Å². The van der Waals surface area contributed by atoms with E-state index in [9.17, 15) is 4.79 Å². The lowest BCUT2D eigenvalue weighted by Gasteiger charge is -2.05. The lowest BCUT2D eigenvalue weighted by atomic mass is 10.1. The number of pyridine rings is 2. The highest BCUT2D eigenvalue weighted by Crippen LogP contribution is 2.19. The SMILES string of the molecule is COCCn1cc(CCNC(=O)c2cncc(Br)c2)c2cccnc21. The number of methoxy groups -OCH3 is 1. The van der Waals surface area contributed by atoms with Gasteiger partial charge in [-0.25, -0.2) is 4.98 Å². The van der Waals surface area contributed by atoms with E-state index >= 15 is 0 Å². The topological polar surface area (TPSA) is 69.0 Å². The van der Waals surface area contributed by atoms with Crippen LogP contribution in [0.4, 0.5) is 0 Å². The first-order chi connectivity index (χ1) is 12.2. The largest absolute Gasteiger partial charge is 0.383 e. The van der Waals surface area contributed by atoms with Gasteiger partial charge in [0.25, 0.3) is 5.91 Å². The molecule has 0 aromatic carbocycles. The normalized spacial score (nSPS) is 11.0. The number of rotatable bonds is 7. The summed E-state index contributed by atoms with van der Waals surface area (Å²) in [6, 6.07) is 5.74. The van der Waals surface area contributed by atoms with Crippen LogP contribution in [0.3, 0.4) is 0 Å². The molecule has 1 N–H and O–H groups in total. The van der Waals surface area contributed by atoms with Gasteiger partial charge in [0.2, 0.25) is 0 Å². The number of aromatic nitrogens is 3. The van der Waals surface area contributed by atoms with Gasteiger partial charge in [0, 0.05) is 54.8 Å². The summed E-state index contributed by atoms with van der Waals surface area (Å²) in [4.78, 5) is 20.7. The number of carbonyl (C=O) groups excluding carboxylic acids is 1. The van der Waals surface area contributed by atoms with Crippen molar-refractivity contribution in [1.29, 1.82) is 0 Å². The maximum absolute atomic E-state index is 12.2. The second-order valence-corrected chi connectivity index (χ2v) is 6.53. The van der Waals surface area contributed by atoms with Crippen molar-refractivity contribution in [3.05, 3.63) is 58.6 Å². The van der Waals surface area contributed by atoms with Crippen LogP contribution in [0.25, 0.3) is 11.0 Å². The lowest BCUT2D eigenvalue weighted by molar-refractivity contribution is 0.0953. The summed E-state index contributed by atoms with van der Waals surface area (Å²) in [7, 11) is 1.69. The Bertz CT molecular complexity index is 878. The molecule has 0 atom stereocenters. The van der Waals surface area contributed by atoms with Crippen LogP contribution in [0, 0.1) is 0 Å². The molecule has 0 fully saturated rings. The molecule has 3 heterocycles. The van der Waals surface area contributed by atoms with Gasteiger partial charge in [-0.1, -0.05) is 0 Å². The zero-order valence-corrected chi connectivity index (χ0v) is 15.5. The van der Waals surface area contributed by atoms with Crippen LogP contribution in [0.15, 0.2) is 47.5 Å². The maximum atomic E-state index is 12.2. The molecule has 3 aromatic rings. The van der Waals surface area contributed by atoms with Crippen LogP contribution in [0.1, 0.15) is 15.9 Å². The predicted molar refractivity (Wildman–Crippen MR) is 99.6 cm³/mol. The molecule has 0 radical (unpaired) electrons. The van der Waals surface area contributed by atoms with Crippen LogP contribution < -0.4 is 5.32 Å². The van der Waals surface area contributed by atoms with E-state index in [0.29, 0.717) is 18.7 Å². The molecule has 3 aromatic heterocycles. The van der Waals surface area contributed by atoms with Crippen LogP contribution in [0.5, 0.6) is 0 Å². The number of hydrogen-bond donors (Lipinski definition) is 1. The summed E-state index contributed by atoms with van der Waals surface area (Å²) in [5, 5.41) is 4.05. The Kier molecular flexibility index (Phi) is 5.78. The summed E-state index contributed by atoms with van der Waals surface area (Å²) in [5.41, 5.74) is 2.64. The molecule has 0 saturated heterocycles. The third kappa shape index (κ3) is 4.24. The van der Waals surface area contributed by atoms with Crippen molar-refractivity contribution in [3.8, 4) is 0 Å². The average Bonchev–Trinajstić information content (AvgIpc) is 2.98. The van der Waals surface area contributed by atoms with E-state index in [1.807, 2.05) is 6.07 Å². The van der Waals surface area contributed by atoms with Gasteiger partial charge in [0.05, 0.1) is 12.2 Å². The molecule has 3 rings (SSSR count). The fourth-order valence-corrected chi connectivity index (χ4v) is 3.07. The number of nitrogens with zero attached hydrogens (tertiary/aromatic N) is 3. The lowest BCUT2D eigenvalue weighted by Crippen LogP contribution is -2.25. The minimum absolute atomic E-state index is 0.130. The smallest absolute Gasteiger partial charge is 0.252 e. The Balaban J connectivity index is 1.68. The zero-order valence-electron chi connectivity index (χ0n) is 13.9. The Labute approximate surface area is 154 Å². The molecule has 0 aliphatic heterocycles. The van der Waals surface area contributed by atoms with Gasteiger partial charge in [-0.2, -0.15) is 0 Å². The van der Waals surface area contributed by atoms with Gasteiger partial charge < -0.3 is 14.6 Å². The Morgan fingerprint density at radius 3 is 3.08 bits per heavy atom. The highest BCUT2D eigenvalue weighted by molar-refractivity contribution is 9.10. The second-order valence-electron chi connectivity index (χ2n) is 5.61. The van der Waals surface area contributed by atoms with Crippen molar-refractivity contribution in [2.75, 3.05) is 20.3 Å². The van der Waals surface area contributed by atoms with E-state index < -0.39 is 0 Å². The number of amides is 1. The van der Waals surface area contributed by atoms with Crippen molar-refractivity contribution >= 4 is 32.9 Å². The first-order valence-corrected chi connectivity index (χ1v) is 8.79. The second kappa shape index (κ2) is 8.22. The fourth-order valence-electron chi connectivity index (χ4n) is 2.70.